The molecule has 3 aromatic rings. The molecule has 0 aromatic heterocycles. The van der Waals surface area contributed by atoms with E-state index in [1.165, 1.54) is 0 Å². The molecule has 0 saturated carbocycles. The van der Waals surface area contributed by atoms with E-state index in [4.69, 9.17) is 4.74 Å². The number of Topliss-reactive ketones (excluding diaryl/α,β-unsaturated/α-hetero) is 1. The molecule has 1 atom stereocenters. The van der Waals surface area contributed by atoms with Crippen LogP contribution >= 0.6 is 0 Å². The van der Waals surface area contributed by atoms with Crippen LogP contribution < -0.4 is 9.64 Å². The average molecular weight is 488 g/mol. The van der Waals surface area contributed by atoms with Crippen LogP contribution in [0, 0.1) is 0 Å². The van der Waals surface area contributed by atoms with Crippen LogP contribution in [-0.2, 0) is 5.41 Å². The number of carbonyl (C=O) groups excluding carboxylic acids is 2. The van der Waals surface area contributed by atoms with Crippen LogP contribution in [0.5, 0.6) is 5.75 Å². The first-order valence-electron chi connectivity index (χ1n) is 12.7. The van der Waals surface area contributed by atoms with E-state index in [2.05, 4.69) is 37.0 Å². The normalized spacial score (nSPS) is 20.7. The quantitative estimate of drug-likeness (QED) is 0.375. The van der Waals surface area contributed by atoms with Gasteiger partial charge in [-0.15, -0.1) is 0 Å². The number of anilines is 1. The Labute approximate surface area is 217 Å². The maximum Gasteiger partial charge on any atom is 0.211 e. The number of nitrogens with zero attached hydrogens (tertiary/aromatic N) is 1. The highest BCUT2D eigenvalue weighted by Crippen LogP contribution is 2.54. The van der Waals surface area contributed by atoms with Gasteiger partial charge in [0, 0.05) is 40.6 Å². The van der Waals surface area contributed by atoms with Crippen molar-refractivity contribution in [1.82, 2.24) is 0 Å². The predicted molar refractivity (Wildman–Crippen MR) is 147 cm³/mol. The van der Waals surface area contributed by atoms with Crippen molar-refractivity contribution in [3.63, 3.8) is 0 Å². The molecule has 4 heteroatoms. The average Bonchev–Trinajstić information content (AvgIpc) is 3.10. The molecule has 0 saturated heterocycles. The van der Waals surface area contributed by atoms with E-state index < -0.39 is 11.1 Å². The molecule has 4 nitrogen and oxygen atoms in total. The van der Waals surface area contributed by atoms with Crippen molar-refractivity contribution in [2.24, 2.45) is 0 Å². The van der Waals surface area contributed by atoms with Crippen molar-refractivity contribution in [2.75, 3.05) is 11.9 Å². The molecule has 0 radical (unpaired) electrons. The standard InChI is InChI=1S/C33H29NO3/c1-32(2)27-21-26(31(36)23-12-8-5-9-13-23)14-16-28(27)34(3)33(32)19-18-24-20-25(15-17-29(24)37-33)30(35)22-10-6-4-7-11-22/h4-6,8-10,12-21H,7,11H2,1-3H3. The van der Waals surface area contributed by atoms with Gasteiger partial charge in [0.05, 0.1) is 5.41 Å². The first-order chi connectivity index (χ1) is 17.8. The maximum absolute atomic E-state index is 13.2. The van der Waals surface area contributed by atoms with Crippen molar-refractivity contribution in [1.29, 1.82) is 0 Å². The van der Waals surface area contributed by atoms with Crippen molar-refractivity contribution >= 4 is 23.3 Å². The van der Waals surface area contributed by atoms with Crippen LogP contribution in [-0.4, -0.2) is 24.3 Å². The molecule has 0 amide bonds. The number of likely N-dealkylation sites (N-methyl/N-ethyl adjacent to an activating group) is 1. The summed E-state index contributed by atoms with van der Waals surface area (Å²) in [5, 5.41) is 0. The zero-order chi connectivity index (χ0) is 25.8. The Morgan fingerprint density at radius 2 is 1.65 bits per heavy atom. The SMILES string of the molecule is CN1c2ccc(C(=O)c3ccccc3)cc2C(C)(C)C12C=Cc1cc(C(=O)C3=CC=CCC3)ccc1O2. The molecule has 6 rings (SSSR count). The number of fused-ring (bicyclic) bond motifs is 2. The molecule has 3 aliphatic rings. The highest BCUT2D eigenvalue weighted by atomic mass is 16.5. The van der Waals surface area contributed by atoms with Crippen LogP contribution in [0.1, 0.15) is 64.1 Å². The van der Waals surface area contributed by atoms with E-state index in [1.54, 1.807) is 0 Å². The fourth-order valence-corrected chi connectivity index (χ4v) is 5.83. The number of benzene rings is 3. The second-order valence-electron chi connectivity index (χ2n) is 10.5. The minimum Gasteiger partial charge on any atom is -0.463 e. The van der Waals surface area contributed by atoms with Gasteiger partial charge in [-0.25, -0.2) is 0 Å². The zero-order valence-electron chi connectivity index (χ0n) is 21.3. The lowest BCUT2D eigenvalue weighted by molar-refractivity contribution is 0.0581. The summed E-state index contributed by atoms with van der Waals surface area (Å²) in [6, 6.07) is 21.0. The number of ether oxygens (including phenoxy) is 1. The summed E-state index contributed by atoms with van der Waals surface area (Å²) in [5.41, 5.74) is 4.63. The minimum atomic E-state index is -0.765. The number of hydrogen-bond donors (Lipinski definition) is 0. The zero-order valence-corrected chi connectivity index (χ0v) is 21.3. The van der Waals surface area contributed by atoms with Crippen molar-refractivity contribution in [2.45, 2.75) is 37.8 Å². The van der Waals surface area contributed by atoms with Gasteiger partial charge in [0.25, 0.3) is 0 Å². The molecule has 184 valence electrons. The lowest BCUT2D eigenvalue weighted by atomic mass is 9.75. The van der Waals surface area contributed by atoms with Crippen LogP contribution in [0.15, 0.2) is 96.6 Å². The lowest BCUT2D eigenvalue weighted by Gasteiger charge is -2.45. The molecule has 0 fully saturated rings. The largest absolute Gasteiger partial charge is 0.463 e. The van der Waals surface area contributed by atoms with Crippen molar-refractivity contribution < 1.29 is 14.3 Å². The highest BCUT2D eigenvalue weighted by molar-refractivity contribution is 6.10. The molecule has 0 bridgehead atoms. The maximum atomic E-state index is 13.2. The van der Waals surface area contributed by atoms with Gasteiger partial charge in [0.2, 0.25) is 5.72 Å². The smallest absolute Gasteiger partial charge is 0.211 e. The van der Waals surface area contributed by atoms with E-state index >= 15 is 0 Å². The summed E-state index contributed by atoms with van der Waals surface area (Å²) < 4.78 is 6.77. The van der Waals surface area contributed by atoms with Gasteiger partial charge in [-0.2, -0.15) is 0 Å². The molecular weight excluding hydrogens is 458 g/mol. The first kappa shape index (κ1) is 23.2. The van der Waals surface area contributed by atoms with Crippen LogP contribution in [0.4, 0.5) is 5.69 Å². The summed E-state index contributed by atoms with van der Waals surface area (Å²) in [7, 11) is 2.03. The highest BCUT2D eigenvalue weighted by Gasteiger charge is 2.57. The van der Waals surface area contributed by atoms with Gasteiger partial charge >= 0.3 is 0 Å². The molecule has 2 aliphatic heterocycles. The van der Waals surface area contributed by atoms with Crippen molar-refractivity contribution in [3.8, 4) is 5.75 Å². The van der Waals surface area contributed by atoms with E-state index in [0.717, 1.165) is 41.0 Å². The summed E-state index contributed by atoms with van der Waals surface area (Å²) in [5.74, 6) is 0.820. The summed E-state index contributed by atoms with van der Waals surface area (Å²) >= 11 is 0. The third-order valence-electron chi connectivity index (χ3n) is 8.06. The predicted octanol–water partition coefficient (Wildman–Crippen LogP) is 6.91. The fourth-order valence-electron chi connectivity index (χ4n) is 5.83. The second kappa shape index (κ2) is 8.45. The summed E-state index contributed by atoms with van der Waals surface area (Å²) in [6.45, 7) is 4.31. The van der Waals surface area contributed by atoms with Crippen molar-refractivity contribution in [3.05, 3.63) is 124 Å². The summed E-state index contributed by atoms with van der Waals surface area (Å²) in [6.07, 6.45) is 11.8. The van der Waals surface area contributed by atoms with E-state index in [9.17, 15) is 9.59 Å². The van der Waals surface area contributed by atoms with Gasteiger partial charge < -0.3 is 9.64 Å². The fraction of sp³-hybridized carbons (Fsp3) is 0.212. The number of ketones is 2. The Kier molecular flexibility index (Phi) is 5.30. The second-order valence-corrected chi connectivity index (χ2v) is 10.5. The Morgan fingerprint density at radius 1 is 0.892 bits per heavy atom. The molecule has 1 aliphatic carbocycles. The molecule has 3 aromatic carbocycles. The molecule has 0 N–H and O–H groups in total. The van der Waals surface area contributed by atoms with Gasteiger partial charge in [0.15, 0.2) is 11.6 Å². The number of rotatable bonds is 4. The third-order valence-corrected chi connectivity index (χ3v) is 8.06. The topological polar surface area (TPSA) is 46.6 Å². The third kappa shape index (κ3) is 3.51. The van der Waals surface area contributed by atoms with E-state index in [1.807, 2.05) is 85.9 Å². The number of carbonyl (C=O) groups is 2. The first-order valence-corrected chi connectivity index (χ1v) is 12.7. The van der Waals surface area contributed by atoms with E-state index in [0.29, 0.717) is 16.7 Å². The van der Waals surface area contributed by atoms with E-state index in [-0.39, 0.29) is 11.6 Å². The Morgan fingerprint density at radius 3 is 2.41 bits per heavy atom. The minimum absolute atomic E-state index is 0.00835. The molecular formula is C33H29NO3. The number of hydrogen-bond acceptors (Lipinski definition) is 4. The monoisotopic (exact) mass is 487 g/mol. The van der Waals surface area contributed by atoms with Crippen LogP contribution in [0.3, 0.4) is 0 Å². The lowest BCUT2D eigenvalue weighted by Crippen LogP contribution is -2.58. The Hall–Kier alpha value is -4.18. The van der Waals surface area contributed by atoms with Gasteiger partial charge in [-0.05, 0) is 80.8 Å². The molecule has 2 heterocycles. The molecule has 1 spiro atoms. The Bertz CT molecular complexity index is 1530. The van der Waals surface area contributed by atoms with Gasteiger partial charge in [0.1, 0.15) is 5.75 Å². The van der Waals surface area contributed by atoms with Gasteiger partial charge in [-0.1, -0.05) is 48.6 Å². The van der Waals surface area contributed by atoms with Crippen LogP contribution in [0.2, 0.25) is 0 Å². The molecule has 1 unspecified atom stereocenters. The number of allylic oxidation sites excluding steroid dienone is 4. The summed E-state index contributed by atoms with van der Waals surface area (Å²) in [4.78, 5) is 28.4. The Balaban J connectivity index is 1.34. The molecule has 37 heavy (non-hydrogen) atoms. The van der Waals surface area contributed by atoms with Crippen LogP contribution in [0.25, 0.3) is 6.08 Å². The van der Waals surface area contributed by atoms with Gasteiger partial charge in [-0.3, -0.25) is 9.59 Å².